The minimum atomic E-state index is 0.336. The zero-order valence-electron chi connectivity index (χ0n) is 16.0. The molecule has 1 N–H and O–H groups in total. The number of nitrogens with zero attached hydrogens (tertiary/aromatic N) is 2. The summed E-state index contributed by atoms with van der Waals surface area (Å²) in [7, 11) is 0. The molecule has 1 saturated carbocycles. The third-order valence-electron chi connectivity index (χ3n) is 7.22. The zero-order chi connectivity index (χ0) is 18.2. The van der Waals surface area contributed by atoms with E-state index in [1.807, 2.05) is 0 Å². The van der Waals surface area contributed by atoms with E-state index in [4.69, 9.17) is 0 Å². The van der Waals surface area contributed by atoms with Gasteiger partial charge in [-0.25, -0.2) is 0 Å². The first-order chi connectivity index (χ1) is 13.4. The molecule has 3 fully saturated rings. The molecule has 2 heterocycles. The van der Waals surface area contributed by atoms with Gasteiger partial charge in [0.1, 0.15) is 0 Å². The number of rotatable bonds is 5. The zero-order valence-corrected chi connectivity index (χ0v) is 16.0. The summed E-state index contributed by atoms with van der Waals surface area (Å²) in [4.78, 5) is 5.36. The molecule has 0 spiro atoms. The fourth-order valence-electron chi connectivity index (χ4n) is 6.10. The SMILES string of the molecule is OC[C@H]1C(N2CCCC2)[C@@H]2[C@H]1CN(Cc1ccccc1)[C@H]2c1ccccc1. The summed E-state index contributed by atoms with van der Waals surface area (Å²) in [5, 5.41) is 10.2. The van der Waals surface area contributed by atoms with Crippen molar-refractivity contribution >= 4 is 0 Å². The predicted molar refractivity (Wildman–Crippen MR) is 108 cm³/mol. The standard InChI is InChI=1S/C24H30N2O/c27-17-21-20-16-26(15-18-9-3-1-4-10-18)23(19-11-5-2-6-12-19)22(20)24(21)25-13-7-8-14-25/h1-6,9-12,20-24,27H,7-8,13-17H2/t20-,21+,22+,23-,24?/m0/s1. The third-order valence-corrected chi connectivity index (χ3v) is 7.22. The molecule has 5 atom stereocenters. The van der Waals surface area contributed by atoms with E-state index in [-0.39, 0.29) is 0 Å². The second-order valence-electron chi connectivity index (χ2n) is 8.59. The molecule has 142 valence electrons. The van der Waals surface area contributed by atoms with Gasteiger partial charge in [-0.05, 0) is 48.9 Å². The van der Waals surface area contributed by atoms with Gasteiger partial charge in [-0.1, -0.05) is 60.7 Å². The van der Waals surface area contributed by atoms with Gasteiger partial charge in [-0.2, -0.15) is 0 Å². The van der Waals surface area contributed by atoms with Crippen LogP contribution in [-0.2, 0) is 6.54 Å². The van der Waals surface area contributed by atoms with Gasteiger partial charge in [0, 0.05) is 37.7 Å². The third kappa shape index (κ3) is 3.02. The van der Waals surface area contributed by atoms with E-state index < -0.39 is 0 Å². The number of hydrogen-bond acceptors (Lipinski definition) is 3. The van der Waals surface area contributed by atoms with Crippen LogP contribution in [0.5, 0.6) is 0 Å². The maximum atomic E-state index is 10.2. The number of likely N-dealkylation sites (tertiary alicyclic amines) is 2. The summed E-state index contributed by atoms with van der Waals surface area (Å²) >= 11 is 0. The van der Waals surface area contributed by atoms with E-state index in [1.54, 1.807) is 0 Å². The summed E-state index contributed by atoms with van der Waals surface area (Å²) in [6.45, 7) is 4.87. The molecule has 3 heteroatoms. The number of hydrogen-bond donors (Lipinski definition) is 1. The molecule has 27 heavy (non-hydrogen) atoms. The Morgan fingerprint density at radius 2 is 1.56 bits per heavy atom. The largest absolute Gasteiger partial charge is 0.396 e. The Balaban J connectivity index is 1.47. The van der Waals surface area contributed by atoms with Gasteiger partial charge in [0.05, 0.1) is 0 Å². The summed E-state index contributed by atoms with van der Waals surface area (Å²) < 4.78 is 0. The number of aliphatic hydroxyl groups excluding tert-OH is 1. The molecule has 1 unspecified atom stereocenters. The number of fused-ring (bicyclic) bond motifs is 1. The Labute approximate surface area is 162 Å². The lowest BCUT2D eigenvalue weighted by Gasteiger charge is -2.53. The van der Waals surface area contributed by atoms with E-state index in [0.29, 0.717) is 36.4 Å². The van der Waals surface area contributed by atoms with Crippen LogP contribution in [0.25, 0.3) is 0 Å². The smallest absolute Gasteiger partial charge is 0.0477 e. The molecular formula is C24H30N2O. The van der Waals surface area contributed by atoms with Crippen LogP contribution < -0.4 is 0 Å². The van der Waals surface area contributed by atoms with Crippen molar-refractivity contribution in [2.75, 3.05) is 26.2 Å². The van der Waals surface area contributed by atoms with Crippen LogP contribution in [0, 0.1) is 17.8 Å². The fourth-order valence-corrected chi connectivity index (χ4v) is 6.10. The second kappa shape index (κ2) is 7.38. The lowest BCUT2D eigenvalue weighted by molar-refractivity contribution is -0.0657. The van der Waals surface area contributed by atoms with E-state index in [1.165, 1.54) is 37.1 Å². The van der Waals surface area contributed by atoms with E-state index in [0.717, 1.165) is 13.1 Å². The maximum absolute atomic E-state index is 10.2. The highest BCUT2D eigenvalue weighted by atomic mass is 16.3. The maximum Gasteiger partial charge on any atom is 0.0477 e. The first kappa shape index (κ1) is 17.4. The lowest BCUT2D eigenvalue weighted by atomic mass is 9.59. The monoisotopic (exact) mass is 362 g/mol. The fraction of sp³-hybridized carbons (Fsp3) is 0.500. The highest BCUT2D eigenvalue weighted by Gasteiger charge is 2.60. The van der Waals surface area contributed by atoms with Crippen LogP contribution in [-0.4, -0.2) is 47.2 Å². The first-order valence-corrected chi connectivity index (χ1v) is 10.5. The molecule has 0 bridgehead atoms. The highest BCUT2D eigenvalue weighted by molar-refractivity contribution is 5.27. The molecule has 0 radical (unpaired) electrons. The van der Waals surface area contributed by atoms with E-state index in [9.17, 15) is 5.11 Å². The molecule has 0 amide bonds. The van der Waals surface area contributed by atoms with E-state index >= 15 is 0 Å². The normalized spacial score (nSPS) is 33.7. The van der Waals surface area contributed by atoms with Gasteiger partial charge in [0.2, 0.25) is 0 Å². The lowest BCUT2D eigenvalue weighted by Crippen LogP contribution is -2.60. The number of benzene rings is 2. The molecular weight excluding hydrogens is 332 g/mol. The average molecular weight is 363 g/mol. The van der Waals surface area contributed by atoms with Gasteiger partial charge in [0.15, 0.2) is 0 Å². The molecule has 2 saturated heterocycles. The summed E-state index contributed by atoms with van der Waals surface area (Å²) in [5.74, 6) is 1.71. The molecule has 0 aromatic heterocycles. The molecule has 2 aromatic rings. The van der Waals surface area contributed by atoms with Crippen molar-refractivity contribution in [1.29, 1.82) is 0 Å². The van der Waals surface area contributed by atoms with Gasteiger partial charge in [0.25, 0.3) is 0 Å². The highest BCUT2D eigenvalue weighted by Crippen LogP contribution is 2.57. The van der Waals surface area contributed by atoms with Gasteiger partial charge in [-0.3, -0.25) is 9.80 Å². The Bertz CT molecular complexity index is 743. The van der Waals surface area contributed by atoms with Gasteiger partial charge >= 0.3 is 0 Å². The Kier molecular flexibility index (Phi) is 4.76. The molecule has 3 aliphatic rings. The van der Waals surface area contributed by atoms with Crippen LogP contribution in [0.2, 0.25) is 0 Å². The molecule has 1 aliphatic carbocycles. The second-order valence-corrected chi connectivity index (χ2v) is 8.59. The van der Waals surface area contributed by atoms with Gasteiger partial charge in [-0.15, -0.1) is 0 Å². The average Bonchev–Trinajstić information content (AvgIpc) is 3.32. The quantitative estimate of drug-likeness (QED) is 0.881. The van der Waals surface area contributed by atoms with Crippen LogP contribution in [0.15, 0.2) is 60.7 Å². The molecule has 2 aliphatic heterocycles. The van der Waals surface area contributed by atoms with Crippen molar-refractivity contribution in [2.24, 2.45) is 17.8 Å². The Morgan fingerprint density at radius 1 is 0.889 bits per heavy atom. The summed E-state index contributed by atoms with van der Waals surface area (Å²) in [6, 6.07) is 22.9. The van der Waals surface area contributed by atoms with Crippen LogP contribution >= 0.6 is 0 Å². The molecule has 3 nitrogen and oxygen atoms in total. The van der Waals surface area contributed by atoms with Crippen LogP contribution in [0.3, 0.4) is 0 Å². The summed E-state index contributed by atoms with van der Waals surface area (Å²) in [6.07, 6.45) is 2.63. The minimum Gasteiger partial charge on any atom is -0.396 e. The van der Waals surface area contributed by atoms with Crippen LogP contribution in [0.4, 0.5) is 0 Å². The summed E-state index contributed by atoms with van der Waals surface area (Å²) in [5.41, 5.74) is 2.83. The first-order valence-electron chi connectivity index (χ1n) is 10.5. The topological polar surface area (TPSA) is 26.7 Å². The minimum absolute atomic E-state index is 0.336. The van der Waals surface area contributed by atoms with Crippen molar-refractivity contribution in [3.63, 3.8) is 0 Å². The molecule has 2 aromatic carbocycles. The van der Waals surface area contributed by atoms with E-state index in [2.05, 4.69) is 70.5 Å². The van der Waals surface area contributed by atoms with Crippen molar-refractivity contribution in [3.05, 3.63) is 71.8 Å². The van der Waals surface area contributed by atoms with Crippen molar-refractivity contribution in [3.8, 4) is 0 Å². The van der Waals surface area contributed by atoms with Crippen molar-refractivity contribution in [2.45, 2.75) is 31.5 Å². The van der Waals surface area contributed by atoms with Crippen molar-refractivity contribution in [1.82, 2.24) is 9.80 Å². The Morgan fingerprint density at radius 3 is 2.22 bits per heavy atom. The van der Waals surface area contributed by atoms with Gasteiger partial charge < -0.3 is 5.11 Å². The van der Waals surface area contributed by atoms with Crippen molar-refractivity contribution < 1.29 is 5.11 Å². The predicted octanol–water partition coefficient (Wildman–Crippen LogP) is 3.56. The van der Waals surface area contributed by atoms with Crippen LogP contribution in [0.1, 0.15) is 30.0 Å². The number of aliphatic hydroxyl groups is 1. The molecule has 5 rings (SSSR count). The Hall–Kier alpha value is -1.68.